The Kier molecular flexibility index (Phi) is 26.3. The number of hydrogen-bond acceptors (Lipinski definition) is 4. The number of unbranched alkanes of at least 4 members (excludes halogenated alkanes) is 16. The van der Waals surface area contributed by atoms with E-state index in [9.17, 15) is 9.59 Å². The summed E-state index contributed by atoms with van der Waals surface area (Å²) in [5.74, 6) is -0.109. The van der Waals surface area contributed by atoms with Gasteiger partial charge in [0.05, 0.1) is 41.3 Å². The number of carbonyl (C=O) groups excluding carboxylic acids is 2. The first kappa shape index (κ1) is 40.6. The summed E-state index contributed by atoms with van der Waals surface area (Å²) in [6, 6.07) is 0. The minimum atomic E-state index is -0.0543. The fourth-order valence-electron chi connectivity index (χ4n) is 5.02. The van der Waals surface area contributed by atoms with Crippen LogP contribution in [0.4, 0.5) is 0 Å². The molecule has 0 heterocycles. The zero-order valence-electron chi connectivity index (χ0n) is 29.1. The van der Waals surface area contributed by atoms with Crippen molar-refractivity contribution in [3.05, 3.63) is 12.2 Å². The number of nitrogens with zero attached hydrogens (tertiary/aromatic N) is 2. The Morgan fingerprint density at radius 3 is 1.07 bits per heavy atom. The van der Waals surface area contributed by atoms with Crippen LogP contribution in [0.1, 0.15) is 142 Å². The molecule has 0 radical (unpaired) electrons. The maximum absolute atomic E-state index is 12.1. The molecule has 248 valence electrons. The van der Waals surface area contributed by atoms with E-state index >= 15 is 0 Å². The van der Waals surface area contributed by atoms with Crippen molar-refractivity contribution < 1.29 is 28.0 Å². The van der Waals surface area contributed by atoms with E-state index in [1.54, 1.807) is 0 Å². The van der Waals surface area contributed by atoms with E-state index in [2.05, 4.69) is 54.2 Å². The number of hydrogen-bond donors (Lipinski definition) is 0. The Morgan fingerprint density at radius 2 is 0.762 bits per heavy atom. The van der Waals surface area contributed by atoms with Gasteiger partial charge in [-0.25, -0.2) is 0 Å². The molecule has 42 heavy (non-hydrogen) atoms. The highest BCUT2D eigenvalue weighted by molar-refractivity contribution is 5.69. The predicted octanol–water partition coefficient (Wildman–Crippen LogP) is 8.62. The van der Waals surface area contributed by atoms with E-state index in [4.69, 9.17) is 9.47 Å². The van der Waals surface area contributed by atoms with Gasteiger partial charge in [-0.1, -0.05) is 117 Å². The van der Waals surface area contributed by atoms with E-state index in [1.165, 1.54) is 89.9 Å². The van der Waals surface area contributed by atoms with Crippen LogP contribution in [0.2, 0.25) is 0 Å². The van der Waals surface area contributed by atoms with Crippen molar-refractivity contribution in [2.45, 2.75) is 142 Å². The maximum Gasteiger partial charge on any atom is 0.305 e. The van der Waals surface area contributed by atoms with Crippen molar-refractivity contribution in [3.8, 4) is 0 Å². The van der Waals surface area contributed by atoms with Crippen LogP contribution in [0.5, 0.6) is 0 Å². The van der Waals surface area contributed by atoms with E-state index in [0.717, 1.165) is 60.8 Å². The minimum Gasteiger partial charge on any atom is -0.460 e. The molecule has 0 aliphatic rings. The predicted molar refractivity (Wildman–Crippen MR) is 178 cm³/mol. The normalized spacial score (nSPS) is 12.2. The molecular formula is C36H72N2O4+2. The van der Waals surface area contributed by atoms with Gasteiger partial charge in [-0.3, -0.25) is 9.59 Å². The third kappa shape index (κ3) is 28.7. The van der Waals surface area contributed by atoms with Crippen molar-refractivity contribution in [1.29, 1.82) is 0 Å². The summed E-state index contributed by atoms with van der Waals surface area (Å²) >= 11 is 0. The number of carbonyl (C=O) groups is 2. The van der Waals surface area contributed by atoms with E-state index in [-0.39, 0.29) is 11.9 Å². The van der Waals surface area contributed by atoms with E-state index < -0.39 is 0 Å². The van der Waals surface area contributed by atoms with Gasteiger partial charge in [0.15, 0.2) is 0 Å². The van der Waals surface area contributed by atoms with E-state index in [0.29, 0.717) is 26.1 Å². The molecule has 0 rings (SSSR count). The molecule has 0 fully saturated rings. The summed E-state index contributed by atoms with van der Waals surface area (Å²) < 4.78 is 12.6. The van der Waals surface area contributed by atoms with Gasteiger partial charge >= 0.3 is 11.9 Å². The van der Waals surface area contributed by atoms with Crippen LogP contribution in [-0.2, 0) is 19.1 Å². The SMILES string of the molecule is CCCCCCCCCCCC(=O)OCC[N+](C)(C)C/C=C/C[N+](C)(C)CCOC(=O)CCCCCCCCCCC. The summed E-state index contributed by atoms with van der Waals surface area (Å²) in [6.07, 6.45) is 28.1. The van der Waals surface area contributed by atoms with Crippen molar-refractivity contribution in [1.82, 2.24) is 0 Å². The molecular weight excluding hydrogens is 524 g/mol. The molecule has 0 aliphatic carbocycles. The number of esters is 2. The molecule has 0 atom stereocenters. The van der Waals surface area contributed by atoms with Gasteiger partial charge in [-0.2, -0.15) is 0 Å². The second-order valence-electron chi connectivity index (χ2n) is 13.8. The first-order valence-electron chi connectivity index (χ1n) is 17.7. The third-order valence-corrected chi connectivity index (χ3v) is 8.25. The molecule has 0 spiro atoms. The highest BCUT2D eigenvalue weighted by atomic mass is 16.5. The highest BCUT2D eigenvalue weighted by Crippen LogP contribution is 2.12. The summed E-state index contributed by atoms with van der Waals surface area (Å²) in [6.45, 7) is 8.85. The molecule has 0 saturated heterocycles. The van der Waals surface area contributed by atoms with Crippen LogP contribution in [-0.4, -0.2) is 88.5 Å². The molecule has 0 aromatic rings. The zero-order chi connectivity index (χ0) is 31.4. The maximum atomic E-state index is 12.1. The van der Waals surface area contributed by atoms with Gasteiger partial charge < -0.3 is 18.4 Å². The molecule has 0 amide bonds. The fraction of sp³-hybridized carbons (Fsp3) is 0.889. The number of quaternary nitrogens is 2. The van der Waals surface area contributed by atoms with Crippen LogP contribution < -0.4 is 0 Å². The number of rotatable bonds is 30. The monoisotopic (exact) mass is 597 g/mol. The summed E-state index contributed by atoms with van der Waals surface area (Å²) in [7, 11) is 8.69. The minimum absolute atomic E-state index is 0.0543. The summed E-state index contributed by atoms with van der Waals surface area (Å²) in [5.41, 5.74) is 0. The van der Waals surface area contributed by atoms with Gasteiger partial charge in [0.25, 0.3) is 0 Å². The molecule has 0 N–H and O–H groups in total. The Bertz CT molecular complexity index is 619. The molecule has 0 bridgehead atoms. The fourth-order valence-corrected chi connectivity index (χ4v) is 5.02. The van der Waals surface area contributed by atoms with Crippen LogP contribution >= 0.6 is 0 Å². The van der Waals surface area contributed by atoms with Gasteiger partial charge in [0, 0.05) is 12.8 Å². The average molecular weight is 597 g/mol. The second kappa shape index (κ2) is 27.2. The first-order chi connectivity index (χ1) is 20.1. The van der Waals surface area contributed by atoms with Crippen molar-refractivity contribution in [3.63, 3.8) is 0 Å². The standard InChI is InChI=1S/C36H72N2O4/c1-7-9-11-13-15-17-19-21-23-27-35(39)41-33-31-37(3,4)29-25-26-30-38(5,6)32-34-42-36(40)28-24-22-20-18-16-14-12-10-8-2/h25-26H,7-24,27-34H2,1-6H3/q+2/b26-25+. The van der Waals surface area contributed by atoms with Crippen molar-refractivity contribution in [2.24, 2.45) is 0 Å². The van der Waals surface area contributed by atoms with E-state index in [1.807, 2.05) is 0 Å². The van der Waals surface area contributed by atoms with Crippen LogP contribution in [0, 0.1) is 0 Å². The Morgan fingerprint density at radius 1 is 0.476 bits per heavy atom. The lowest BCUT2D eigenvalue weighted by molar-refractivity contribution is -0.887. The van der Waals surface area contributed by atoms with Gasteiger partial charge in [-0.05, 0) is 25.0 Å². The van der Waals surface area contributed by atoms with Gasteiger partial charge in [0.2, 0.25) is 0 Å². The lowest BCUT2D eigenvalue weighted by Crippen LogP contribution is -2.44. The molecule has 0 aromatic heterocycles. The smallest absolute Gasteiger partial charge is 0.305 e. The van der Waals surface area contributed by atoms with Crippen molar-refractivity contribution >= 4 is 11.9 Å². The first-order valence-corrected chi connectivity index (χ1v) is 17.7. The lowest BCUT2D eigenvalue weighted by atomic mass is 10.1. The van der Waals surface area contributed by atoms with Crippen molar-refractivity contribution in [2.75, 3.05) is 67.6 Å². The Hall–Kier alpha value is -1.40. The van der Waals surface area contributed by atoms with Gasteiger partial charge in [-0.15, -0.1) is 0 Å². The summed E-state index contributed by atoms with van der Waals surface area (Å²) in [5, 5.41) is 0. The average Bonchev–Trinajstić information content (AvgIpc) is 2.93. The van der Waals surface area contributed by atoms with Crippen LogP contribution in [0.3, 0.4) is 0 Å². The van der Waals surface area contributed by atoms with Crippen LogP contribution in [0.15, 0.2) is 12.2 Å². The lowest BCUT2D eigenvalue weighted by Gasteiger charge is -2.29. The largest absolute Gasteiger partial charge is 0.460 e. The third-order valence-electron chi connectivity index (χ3n) is 8.25. The summed E-state index contributed by atoms with van der Waals surface area (Å²) in [4.78, 5) is 24.2. The Labute approximate surface area is 261 Å². The molecule has 0 aromatic carbocycles. The molecule has 6 heteroatoms. The topological polar surface area (TPSA) is 52.6 Å². The Balaban J connectivity index is 3.84. The molecule has 0 aliphatic heterocycles. The molecule has 0 saturated carbocycles. The quantitative estimate of drug-likeness (QED) is 0.0360. The molecule has 0 unspecified atom stereocenters. The second-order valence-corrected chi connectivity index (χ2v) is 13.8. The highest BCUT2D eigenvalue weighted by Gasteiger charge is 2.16. The molecule has 6 nitrogen and oxygen atoms in total. The zero-order valence-corrected chi connectivity index (χ0v) is 29.1. The van der Waals surface area contributed by atoms with Crippen LogP contribution in [0.25, 0.3) is 0 Å². The van der Waals surface area contributed by atoms with Gasteiger partial charge in [0.1, 0.15) is 26.3 Å². The number of ether oxygens (including phenoxy) is 2. The number of likely N-dealkylation sites (N-methyl/N-ethyl adjacent to an activating group) is 2.